The largest absolute Gasteiger partial charge is 0.378 e. The standard InChI is InChI=1S/C21H25ClN4O3/c1-25(15-21(28)24-18-4-2-3-16(22)13-18)14-20(27)23-17-5-7-19(8-6-17)26-9-11-29-12-10-26/h2-8,13H,9-12,14-15H2,1H3,(H,23,27)(H,24,28)/p+1. The second-order valence-corrected chi connectivity index (χ2v) is 7.50. The molecule has 7 nitrogen and oxygen atoms in total. The molecular weight excluding hydrogens is 392 g/mol. The maximum absolute atomic E-state index is 12.3. The van der Waals surface area contributed by atoms with Gasteiger partial charge in [0.25, 0.3) is 11.8 Å². The molecule has 1 fully saturated rings. The summed E-state index contributed by atoms with van der Waals surface area (Å²) in [4.78, 5) is 27.5. The number of hydrogen-bond acceptors (Lipinski definition) is 4. The molecule has 2 aromatic rings. The van der Waals surface area contributed by atoms with Gasteiger partial charge in [-0.1, -0.05) is 17.7 Å². The fourth-order valence-corrected chi connectivity index (χ4v) is 3.35. The summed E-state index contributed by atoms with van der Waals surface area (Å²) in [5, 5.41) is 6.22. The number of carbonyl (C=O) groups is 2. The second-order valence-electron chi connectivity index (χ2n) is 7.06. The van der Waals surface area contributed by atoms with Gasteiger partial charge in [0.05, 0.1) is 20.3 Å². The van der Waals surface area contributed by atoms with Gasteiger partial charge in [-0.2, -0.15) is 0 Å². The smallest absolute Gasteiger partial charge is 0.279 e. The Hall–Kier alpha value is -2.61. The van der Waals surface area contributed by atoms with Crippen LogP contribution in [-0.2, 0) is 14.3 Å². The van der Waals surface area contributed by atoms with E-state index in [0.717, 1.165) is 42.6 Å². The molecule has 0 saturated carbocycles. The lowest BCUT2D eigenvalue weighted by atomic mass is 10.2. The number of ether oxygens (including phenoxy) is 1. The van der Waals surface area contributed by atoms with Crippen molar-refractivity contribution in [2.45, 2.75) is 0 Å². The normalized spacial score (nSPS) is 14.9. The van der Waals surface area contributed by atoms with Crippen LogP contribution >= 0.6 is 11.6 Å². The maximum Gasteiger partial charge on any atom is 0.279 e. The lowest BCUT2D eigenvalue weighted by Gasteiger charge is -2.28. The first-order valence-electron chi connectivity index (χ1n) is 9.59. The van der Waals surface area contributed by atoms with E-state index in [4.69, 9.17) is 16.3 Å². The van der Waals surface area contributed by atoms with Crippen molar-refractivity contribution in [2.75, 3.05) is 62.0 Å². The highest BCUT2D eigenvalue weighted by Crippen LogP contribution is 2.19. The fourth-order valence-electron chi connectivity index (χ4n) is 3.16. The molecular formula is C21H26ClN4O3+. The van der Waals surface area contributed by atoms with E-state index in [0.29, 0.717) is 10.7 Å². The number of nitrogens with zero attached hydrogens (tertiary/aromatic N) is 1. The average Bonchev–Trinajstić information content (AvgIpc) is 2.69. The highest BCUT2D eigenvalue weighted by atomic mass is 35.5. The Morgan fingerprint density at radius 3 is 2.24 bits per heavy atom. The van der Waals surface area contributed by atoms with Crippen LogP contribution in [0.3, 0.4) is 0 Å². The van der Waals surface area contributed by atoms with E-state index < -0.39 is 0 Å². The molecule has 1 unspecified atom stereocenters. The minimum atomic E-state index is -0.174. The highest BCUT2D eigenvalue weighted by molar-refractivity contribution is 6.30. The zero-order valence-electron chi connectivity index (χ0n) is 16.4. The number of anilines is 3. The van der Waals surface area contributed by atoms with Crippen LogP contribution in [0.4, 0.5) is 17.1 Å². The molecule has 0 radical (unpaired) electrons. The van der Waals surface area contributed by atoms with E-state index >= 15 is 0 Å². The number of halogens is 1. The van der Waals surface area contributed by atoms with Gasteiger partial charge in [0.15, 0.2) is 13.1 Å². The third kappa shape index (κ3) is 6.74. The number of carbonyl (C=O) groups excluding carboxylic acids is 2. The Labute approximate surface area is 175 Å². The molecule has 3 rings (SSSR count). The molecule has 8 heteroatoms. The third-order valence-corrected chi connectivity index (χ3v) is 4.80. The molecule has 1 aliphatic rings. The molecule has 0 aromatic heterocycles. The van der Waals surface area contributed by atoms with Crippen LogP contribution in [0, 0.1) is 0 Å². The van der Waals surface area contributed by atoms with Crippen LogP contribution in [0.25, 0.3) is 0 Å². The summed E-state index contributed by atoms with van der Waals surface area (Å²) in [5.41, 5.74) is 2.50. The van der Waals surface area contributed by atoms with Crippen molar-refractivity contribution in [2.24, 2.45) is 0 Å². The molecule has 0 spiro atoms. The predicted molar refractivity (Wildman–Crippen MR) is 115 cm³/mol. The van der Waals surface area contributed by atoms with Crippen molar-refractivity contribution < 1.29 is 19.2 Å². The molecule has 2 aromatic carbocycles. The van der Waals surface area contributed by atoms with Gasteiger partial charge in [-0.15, -0.1) is 0 Å². The van der Waals surface area contributed by atoms with Crippen LogP contribution in [0.2, 0.25) is 5.02 Å². The predicted octanol–water partition coefficient (Wildman–Crippen LogP) is 1.27. The van der Waals surface area contributed by atoms with Gasteiger partial charge < -0.3 is 25.2 Å². The average molecular weight is 418 g/mol. The van der Waals surface area contributed by atoms with Crippen molar-refractivity contribution in [3.8, 4) is 0 Å². The van der Waals surface area contributed by atoms with E-state index in [1.807, 2.05) is 24.3 Å². The molecule has 29 heavy (non-hydrogen) atoms. The van der Waals surface area contributed by atoms with Crippen molar-refractivity contribution >= 4 is 40.5 Å². The first-order chi connectivity index (χ1) is 14.0. The second kappa shape index (κ2) is 10.2. The van der Waals surface area contributed by atoms with Crippen LogP contribution in [-0.4, -0.2) is 58.3 Å². The summed E-state index contributed by atoms with van der Waals surface area (Å²) in [6.45, 7) is 3.58. The summed E-state index contributed by atoms with van der Waals surface area (Å²) in [5.74, 6) is -0.315. The van der Waals surface area contributed by atoms with Gasteiger partial charge in [0.2, 0.25) is 0 Å². The van der Waals surface area contributed by atoms with Gasteiger partial charge in [-0.3, -0.25) is 9.59 Å². The van der Waals surface area contributed by atoms with E-state index in [1.54, 1.807) is 31.3 Å². The molecule has 1 atom stereocenters. The van der Waals surface area contributed by atoms with Crippen LogP contribution in [0.1, 0.15) is 0 Å². The van der Waals surface area contributed by atoms with E-state index in [1.165, 1.54) is 0 Å². The number of rotatable bonds is 7. The zero-order chi connectivity index (χ0) is 20.6. The minimum absolute atomic E-state index is 0.142. The lowest BCUT2D eigenvalue weighted by Crippen LogP contribution is -3.11. The van der Waals surface area contributed by atoms with Crippen molar-refractivity contribution in [1.82, 2.24) is 0 Å². The number of hydrogen-bond donors (Lipinski definition) is 3. The van der Waals surface area contributed by atoms with Gasteiger partial charge in [0.1, 0.15) is 0 Å². The van der Waals surface area contributed by atoms with Crippen molar-refractivity contribution in [3.05, 3.63) is 53.6 Å². The summed E-state index contributed by atoms with van der Waals surface area (Å²) in [7, 11) is 1.80. The maximum atomic E-state index is 12.3. The van der Waals surface area contributed by atoms with E-state index in [-0.39, 0.29) is 24.9 Å². The monoisotopic (exact) mass is 417 g/mol. The number of quaternary nitrogens is 1. The Bertz CT molecular complexity index is 838. The molecule has 0 bridgehead atoms. The molecule has 2 amide bonds. The fraction of sp³-hybridized carbons (Fsp3) is 0.333. The van der Waals surface area contributed by atoms with Crippen molar-refractivity contribution in [1.29, 1.82) is 0 Å². The lowest BCUT2D eigenvalue weighted by molar-refractivity contribution is -0.862. The van der Waals surface area contributed by atoms with Crippen LogP contribution in [0.15, 0.2) is 48.5 Å². The summed E-state index contributed by atoms with van der Waals surface area (Å²) in [6.07, 6.45) is 0. The Morgan fingerprint density at radius 1 is 1.00 bits per heavy atom. The topological polar surface area (TPSA) is 75.1 Å². The first-order valence-corrected chi connectivity index (χ1v) is 9.97. The molecule has 154 valence electrons. The summed E-state index contributed by atoms with van der Waals surface area (Å²) >= 11 is 5.92. The third-order valence-electron chi connectivity index (χ3n) is 4.56. The molecule has 1 aliphatic heterocycles. The Kier molecular flexibility index (Phi) is 7.46. The number of amides is 2. The molecule has 1 heterocycles. The van der Waals surface area contributed by atoms with Crippen molar-refractivity contribution in [3.63, 3.8) is 0 Å². The van der Waals surface area contributed by atoms with Crippen LogP contribution in [0.5, 0.6) is 0 Å². The summed E-state index contributed by atoms with van der Waals surface area (Å²) in [6, 6.07) is 14.7. The number of likely N-dealkylation sites (N-methyl/N-ethyl adjacent to an activating group) is 1. The Balaban J connectivity index is 1.44. The van der Waals surface area contributed by atoms with Gasteiger partial charge in [-0.05, 0) is 42.5 Å². The van der Waals surface area contributed by atoms with Crippen LogP contribution < -0.4 is 20.4 Å². The van der Waals surface area contributed by atoms with Gasteiger partial charge in [-0.25, -0.2) is 0 Å². The quantitative estimate of drug-likeness (QED) is 0.634. The van der Waals surface area contributed by atoms with E-state index in [9.17, 15) is 9.59 Å². The highest BCUT2D eigenvalue weighted by Gasteiger charge is 2.15. The Morgan fingerprint density at radius 2 is 1.62 bits per heavy atom. The number of morpholine rings is 1. The van der Waals surface area contributed by atoms with E-state index in [2.05, 4.69) is 15.5 Å². The van der Waals surface area contributed by atoms with Gasteiger partial charge in [0, 0.05) is 35.2 Å². The van der Waals surface area contributed by atoms with Gasteiger partial charge >= 0.3 is 0 Å². The zero-order valence-corrected chi connectivity index (χ0v) is 17.2. The minimum Gasteiger partial charge on any atom is -0.378 e. The molecule has 0 aliphatic carbocycles. The first kappa shape index (κ1) is 21.1. The molecule has 1 saturated heterocycles. The number of nitrogens with one attached hydrogen (secondary N) is 3. The SMILES string of the molecule is C[NH+](CC(=O)Nc1ccc(N2CCOCC2)cc1)CC(=O)Nc1cccc(Cl)c1. The summed E-state index contributed by atoms with van der Waals surface area (Å²) < 4.78 is 5.36. The number of benzene rings is 2. The molecule has 3 N–H and O–H groups in total.